The molecular weight excluding hydrogens is 333 g/mol. The van der Waals surface area contributed by atoms with Gasteiger partial charge in [0, 0.05) is 6.42 Å². The third-order valence-corrected chi connectivity index (χ3v) is 4.76. The summed E-state index contributed by atoms with van der Waals surface area (Å²) in [5, 5.41) is 12.0. The lowest BCUT2D eigenvalue weighted by atomic mass is 10.1. The molecule has 126 valence electrons. The quantitative estimate of drug-likeness (QED) is 0.283. The van der Waals surface area contributed by atoms with Crippen molar-refractivity contribution in [1.82, 2.24) is 5.32 Å². The maximum atomic E-state index is 11.6. The van der Waals surface area contributed by atoms with Crippen molar-refractivity contribution in [2.24, 2.45) is 0 Å². The van der Waals surface area contributed by atoms with Gasteiger partial charge in [-0.3, -0.25) is 4.79 Å². The lowest BCUT2D eigenvalue weighted by molar-refractivity contribution is -0.124. The molecule has 0 bridgehead atoms. The van der Waals surface area contributed by atoms with Crippen molar-refractivity contribution in [3.63, 3.8) is 0 Å². The third-order valence-electron chi connectivity index (χ3n) is 3.38. The highest BCUT2D eigenvalue weighted by Gasteiger charge is 2.33. The van der Waals surface area contributed by atoms with Gasteiger partial charge in [0.25, 0.3) is 0 Å². The second-order valence-electron chi connectivity index (χ2n) is 5.44. The number of nitrogens with one attached hydrogen (secondary N) is 1. The summed E-state index contributed by atoms with van der Waals surface area (Å²) in [5.74, 6) is -0.406. The van der Waals surface area contributed by atoms with Crippen molar-refractivity contribution in [2.45, 2.75) is 81.7 Å². The van der Waals surface area contributed by atoms with Crippen LogP contribution in [0.5, 0.6) is 0 Å². The first-order chi connectivity index (χ1) is 9.94. The van der Waals surface area contributed by atoms with Gasteiger partial charge in [0.15, 0.2) is 10.6 Å². The van der Waals surface area contributed by atoms with Gasteiger partial charge in [-0.15, -0.1) is 11.6 Å². The molecule has 0 aliphatic carbocycles. The van der Waals surface area contributed by atoms with Crippen molar-refractivity contribution >= 4 is 40.7 Å². The molecule has 0 aromatic rings. The molecule has 1 unspecified atom stereocenters. The molecular formula is C15H28Cl3NO2. The van der Waals surface area contributed by atoms with E-state index in [1.807, 2.05) is 0 Å². The second-order valence-corrected chi connectivity index (χ2v) is 7.25. The number of halogens is 3. The molecule has 0 aromatic heterocycles. The van der Waals surface area contributed by atoms with Crippen LogP contribution in [0, 0.1) is 0 Å². The number of amides is 1. The van der Waals surface area contributed by atoms with E-state index in [0.29, 0.717) is 6.42 Å². The number of hydrogen-bond donors (Lipinski definition) is 2. The fraction of sp³-hybridized carbons (Fsp3) is 0.933. The molecule has 1 amide bonds. The van der Waals surface area contributed by atoms with Crippen LogP contribution >= 0.6 is 34.8 Å². The Morgan fingerprint density at radius 1 is 1.05 bits per heavy atom. The summed E-state index contributed by atoms with van der Waals surface area (Å²) >= 11 is 17.0. The van der Waals surface area contributed by atoms with Crippen LogP contribution < -0.4 is 5.32 Å². The molecule has 2 N–H and O–H groups in total. The largest absolute Gasteiger partial charge is 0.370 e. The molecule has 0 aromatic carbocycles. The second kappa shape index (κ2) is 12.8. The molecule has 0 saturated heterocycles. The van der Waals surface area contributed by atoms with Crippen LogP contribution in [-0.4, -0.2) is 27.5 Å². The van der Waals surface area contributed by atoms with Crippen LogP contribution in [0.1, 0.15) is 71.1 Å². The first-order valence-electron chi connectivity index (χ1n) is 7.85. The Hall–Kier alpha value is 0.300. The Labute approximate surface area is 143 Å². The monoisotopic (exact) mass is 359 g/mol. The van der Waals surface area contributed by atoms with E-state index in [0.717, 1.165) is 19.3 Å². The molecule has 0 aliphatic heterocycles. The van der Waals surface area contributed by atoms with Gasteiger partial charge in [-0.05, 0) is 6.42 Å². The molecule has 0 aliphatic rings. The number of aliphatic hydroxyl groups excluding tert-OH is 1. The zero-order chi connectivity index (χ0) is 16.1. The average Bonchev–Trinajstić information content (AvgIpc) is 2.45. The Balaban J connectivity index is 3.50. The third kappa shape index (κ3) is 11.5. The molecule has 0 heterocycles. The summed E-state index contributed by atoms with van der Waals surface area (Å²) in [6, 6.07) is 0. The first kappa shape index (κ1) is 21.3. The van der Waals surface area contributed by atoms with E-state index in [-0.39, 0.29) is 11.8 Å². The highest BCUT2D eigenvalue weighted by Crippen LogP contribution is 2.25. The topological polar surface area (TPSA) is 49.3 Å². The van der Waals surface area contributed by atoms with Crippen molar-refractivity contribution in [3.8, 4) is 0 Å². The lowest BCUT2D eigenvalue weighted by Gasteiger charge is -2.23. The van der Waals surface area contributed by atoms with E-state index >= 15 is 0 Å². The van der Waals surface area contributed by atoms with Crippen molar-refractivity contribution in [2.75, 3.05) is 5.88 Å². The van der Waals surface area contributed by atoms with E-state index in [1.165, 1.54) is 38.5 Å². The number of aliphatic hydroxyl groups is 1. The number of rotatable bonds is 13. The SMILES string of the molecule is CCCCCCCCCCCC(=O)NC(O)C(Cl)(Cl)CCl. The molecule has 3 nitrogen and oxygen atoms in total. The Morgan fingerprint density at radius 3 is 2.00 bits per heavy atom. The minimum absolute atomic E-state index is 0.157. The minimum Gasteiger partial charge on any atom is -0.370 e. The van der Waals surface area contributed by atoms with E-state index in [2.05, 4.69) is 12.2 Å². The first-order valence-corrected chi connectivity index (χ1v) is 9.14. The molecule has 0 saturated carbocycles. The van der Waals surface area contributed by atoms with Gasteiger partial charge in [-0.25, -0.2) is 0 Å². The van der Waals surface area contributed by atoms with Crippen molar-refractivity contribution in [1.29, 1.82) is 0 Å². The van der Waals surface area contributed by atoms with Gasteiger partial charge in [0.1, 0.15) is 0 Å². The smallest absolute Gasteiger partial charge is 0.222 e. The van der Waals surface area contributed by atoms with Gasteiger partial charge in [0.05, 0.1) is 5.88 Å². The Bertz CT molecular complexity index is 276. The fourth-order valence-electron chi connectivity index (χ4n) is 2.00. The molecule has 21 heavy (non-hydrogen) atoms. The molecule has 0 fully saturated rings. The van der Waals surface area contributed by atoms with Crippen LogP contribution in [0.3, 0.4) is 0 Å². The Morgan fingerprint density at radius 2 is 1.52 bits per heavy atom. The van der Waals surface area contributed by atoms with Gasteiger partial charge in [-0.1, -0.05) is 81.5 Å². The maximum absolute atomic E-state index is 11.6. The molecule has 0 rings (SSSR count). The van der Waals surface area contributed by atoms with Gasteiger partial charge in [0.2, 0.25) is 5.91 Å². The number of hydrogen-bond acceptors (Lipinski definition) is 2. The van der Waals surface area contributed by atoms with Crippen molar-refractivity contribution in [3.05, 3.63) is 0 Å². The van der Waals surface area contributed by atoms with Crippen LogP contribution in [0.15, 0.2) is 0 Å². The van der Waals surface area contributed by atoms with Gasteiger partial charge < -0.3 is 10.4 Å². The summed E-state index contributed by atoms with van der Waals surface area (Å²) in [4.78, 5) is 11.6. The van der Waals surface area contributed by atoms with Crippen LogP contribution in [0.2, 0.25) is 0 Å². The van der Waals surface area contributed by atoms with E-state index in [4.69, 9.17) is 34.8 Å². The predicted octanol–water partition coefficient (Wildman–Crippen LogP) is 4.75. The average molecular weight is 361 g/mol. The summed E-state index contributed by atoms with van der Waals surface area (Å²) < 4.78 is -1.55. The number of unbranched alkanes of at least 4 members (excludes halogenated alkanes) is 8. The highest BCUT2D eigenvalue weighted by molar-refractivity contribution is 6.52. The predicted molar refractivity (Wildman–Crippen MR) is 91.2 cm³/mol. The normalized spacial score (nSPS) is 13.2. The molecule has 1 atom stereocenters. The highest BCUT2D eigenvalue weighted by atomic mass is 35.5. The standard InChI is InChI=1S/C15H28Cl3NO2/c1-2-3-4-5-6-7-8-9-10-11-13(20)19-14(21)15(17,18)12-16/h14,21H,2-12H2,1H3,(H,19,20). The number of carbonyl (C=O) groups excluding carboxylic acids is 1. The summed E-state index contributed by atoms with van der Waals surface area (Å²) in [7, 11) is 0. The lowest BCUT2D eigenvalue weighted by Crippen LogP contribution is -2.47. The van der Waals surface area contributed by atoms with Gasteiger partial charge in [-0.2, -0.15) is 0 Å². The molecule has 0 spiro atoms. The zero-order valence-electron chi connectivity index (χ0n) is 12.8. The minimum atomic E-state index is -1.55. The van der Waals surface area contributed by atoms with Crippen LogP contribution in [0.25, 0.3) is 0 Å². The number of carbonyl (C=O) groups is 1. The fourth-order valence-corrected chi connectivity index (χ4v) is 2.25. The zero-order valence-corrected chi connectivity index (χ0v) is 15.1. The summed E-state index contributed by atoms with van der Waals surface area (Å²) in [6.07, 6.45) is 9.77. The maximum Gasteiger partial charge on any atom is 0.222 e. The number of alkyl halides is 3. The van der Waals surface area contributed by atoms with Crippen LogP contribution in [-0.2, 0) is 4.79 Å². The van der Waals surface area contributed by atoms with Gasteiger partial charge >= 0.3 is 0 Å². The summed E-state index contributed by atoms with van der Waals surface area (Å²) in [6.45, 7) is 2.22. The summed E-state index contributed by atoms with van der Waals surface area (Å²) in [5.41, 5.74) is 0. The molecule has 0 radical (unpaired) electrons. The Kier molecular flexibility index (Phi) is 13.0. The van der Waals surface area contributed by atoms with Crippen molar-refractivity contribution < 1.29 is 9.90 Å². The molecule has 6 heteroatoms. The van der Waals surface area contributed by atoms with Crippen LogP contribution in [0.4, 0.5) is 0 Å². The van der Waals surface area contributed by atoms with E-state index < -0.39 is 10.6 Å². The van der Waals surface area contributed by atoms with E-state index in [9.17, 15) is 9.90 Å². The van der Waals surface area contributed by atoms with E-state index in [1.54, 1.807) is 0 Å².